The molecule has 0 N–H and O–H groups in total. The molecule has 0 saturated heterocycles. The lowest BCUT2D eigenvalue weighted by molar-refractivity contribution is 0.618. The molecule has 0 aliphatic heterocycles. The van der Waals surface area contributed by atoms with Gasteiger partial charge in [0.05, 0.1) is 6.04 Å². The Kier molecular flexibility index (Phi) is 6.41. The summed E-state index contributed by atoms with van der Waals surface area (Å²) in [6.45, 7) is 0. The Hall–Kier alpha value is -5.34. The van der Waals surface area contributed by atoms with E-state index in [-0.39, 0.29) is 6.04 Å². The van der Waals surface area contributed by atoms with Crippen molar-refractivity contribution in [3.8, 4) is 0 Å². The maximum atomic E-state index is 7.03. The number of hydrogen-bond acceptors (Lipinski definition) is 3. The van der Waals surface area contributed by atoms with Crippen LogP contribution in [0.1, 0.15) is 17.2 Å². The third-order valence-electron chi connectivity index (χ3n) is 9.19. The SMILES string of the molecule is CN(C(c1ccc2ccccc2c1)c1ccc2ccccc2c1)p1oc2ccc3ccccc3c2c2c(ccc3ccccc32)o1. The Balaban J connectivity index is 1.34. The van der Waals surface area contributed by atoms with Crippen LogP contribution in [0.4, 0.5) is 0 Å². The summed E-state index contributed by atoms with van der Waals surface area (Å²) in [5.74, 6) is 0. The molecule has 0 aliphatic carbocycles. The van der Waals surface area contributed by atoms with E-state index in [0.29, 0.717) is 0 Å². The zero-order valence-corrected chi connectivity index (χ0v) is 26.2. The molecule has 46 heavy (non-hydrogen) atoms. The quantitative estimate of drug-likeness (QED) is 0.198. The molecule has 220 valence electrons. The highest BCUT2D eigenvalue weighted by atomic mass is 31.1. The molecule has 3 nitrogen and oxygen atoms in total. The molecule has 0 spiro atoms. The molecule has 0 unspecified atom stereocenters. The molecule has 0 aliphatic rings. The number of rotatable bonds is 4. The van der Waals surface area contributed by atoms with Gasteiger partial charge >= 0.3 is 8.16 Å². The van der Waals surface area contributed by atoms with Crippen molar-refractivity contribution < 1.29 is 8.39 Å². The molecule has 0 fully saturated rings. The first kappa shape index (κ1) is 27.0. The van der Waals surface area contributed by atoms with Gasteiger partial charge in [-0.25, -0.2) is 0 Å². The van der Waals surface area contributed by atoms with Gasteiger partial charge in [-0.1, -0.05) is 133 Å². The van der Waals surface area contributed by atoms with Crippen molar-refractivity contribution in [2.45, 2.75) is 6.04 Å². The first-order valence-corrected chi connectivity index (χ1v) is 16.7. The van der Waals surface area contributed by atoms with Crippen molar-refractivity contribution in [3.63, 3.8) is 0 Å². The molecule has 4 heteroatoms. The molecular weight excluding hydrogens is 581 g/mol. The summed E-state index contributed by atoms with van der Waals surface area (Å²) in [5, 5.41) is 11.7. The van der Waals surface area contributed by atoms with Crippen LogP contribution >= 0.6 is 8.16 Å². The van der Waals surface area contributed by atoms with Gasteiger partial charge in [0, 0.05) is 17.8 Å². The highest BCUT2D eigenvalue weighted by Gasteiger charge is 2.26. The molecule has 9 rings (SSSR count). The summed E-state index contributed by atoms with van der Waals surface area (Å²) in [4.78, 5) is 0. The van der Waals surface area contributed by atoms with Gasteiger partial charge in [0.15, 0.2) is 0 Å². The second-order valence-corrected chi connectivity index (χ2v) is 13.4. The fourth-order valence-electron chi connectivity index (χ4n) is 6.96. The highest BCUT2D eigenvalue weighted by Crippen LogP contribution is 2.45. The Bertz CT molecular complexity index is 2460. The molecule has 9 aromatic rings. The van der Waals surface area contributed by atoms with Crippen LogP contribution in [0, 0.1) is 0 Å². The lowest BCUT2D eigenvalue weighted by Crippen LogP contribution is -2.22. The fraction of sp³-hybridized carbons (Fsp3) is 0.0476. The summed E-state index contributed by atoms with van der Waals surface area (Å²) in [6, 6.07) is 56.1. The van der Waals surface area contributed by atoms with Gasteiger partial charge in [-0.2, -0.15) is 4.67 Å². The van der Waals surface area contributed by atoms with Crippen LogP contribution < -0.4 is 4.67 Å². The van der Waals surface area contributed by atoms with Gasteiger partial charge in [-0.3, -0.25) is 0 Å². The number of hydrogen-bond donors (Lipinski definition) is 0. The maximum absolute atomic E-state index is 7.03. The Morgan fingerprint density at radius 3 is 1.30 bits per heavy atom. The lowest BCUT2D eigenvalue weighted by Gasteiger charge is -2.26. The van der Waals surface area contributed by atoms with E-state index in [0.717, 1.165) is 32.7 Å². The van der Waals surface area contributed by atoms with E-state index in [4.69, 9.17) is 8.39 Å². The third kappa shape index (κ3) is 4.48. The molecule has 0 atom stereocenters. The molecule has 0 radical (unpaired) electrons. The van der Waals surface area contributed by atoms with Crippen molar-refractivity contribution >= 4 is 73.2 Å². The summed E-state index contributed by atoms with van der Waals surface area (Å²) < 4.78 is 16.3. The number of nitrogens with zero attached hydrogens (tertiary/aromatic N) is 1. The number of benzene rings is 8. The first-order chi connectivity index (χ1) is 22.7. The average molecular weight is 612 g/mol. The fourth-order valence-corrected chi connectivity index (χ4v) is 8.35. The van der Waals surface area contributed by atoms with Crippen LogP contribution in [0.25, 0.3) is 65.0 Å². The third-order valence-corrected chi connectivity index (χ3v) is 10.6. The van der Waals surface area contributed by atoms with Crippen molar-refractivity contribution in [1.82, 2.24) is 0 Å². The van der Waals surface area contributed by atoms with Crippen molar-refractivity contribution in [2.75, 3.05) is 11.7 Å². The predicted molar refractivity (Wildman–Crippen MR) is 195 cm³/mol. The molecular formula is C42H30NO2P. The minimum atomic E-state index is -1.58. The lowest BCUT2D eigenvalue weighted by atomic mass is 9.94. The van der Waals surface area contributed by atoms with Crippen LogP contribution in [-0.2, 0) is 0 Å². The molecule has 0 saturated carbocycles. The molecule has 0 bridgehead atoms. The van der Waals surface area contributed by atoms with E-state index < -0.39 is 8.16 Å². The second-order valence-electron chi connectivity index (χ2n) is 11.9. The van der Waals surface area contributed by atoms with E-state index in [1.165, 1.54) is 43.4 Å². The van der Waals surface area contributed by atoms with Crippen molar-refractivity contribution in [1.29, 1.82) is 0 Å². The molecule has 8 aromatic carbocycles. The smallest absolute Gasteiger partial charge is 0.310 e. The van der Waals surface area contributed by atoms with E-state index in [2.05, 4.69) is 169 Å². The van der Waals surface area contributed by atoms with E-state index in [1.54, 1.807) is 0 Å². The Morgan fingerprint density at radius 2 is 0.826 bits per heavy atom. The second kappa shape index (κ2) is 10.9. The number of fused-ring (bicyclic) bond motifs is 9. The minimum Gasteiger partial charge on any atom is -0.408 e. The monoisotopic (exact) mass is 611 g/mol. The Labute approximate surface area is 267 Å². The maximum Gasteiger partial charge on any atom is 0.310 e. The van der Waals surface area contributed by atoms with E-state index in [1.807, 2.05) is 0 Å². The standard InChI is InChI=1S/C42H30NO2P/c1-43(42(34-20-18-28-10-2-4-14-32(28)26-34)35-21-19-29-11-3-5-15-33(29)27-35)46-44-38-24-22-30-12-6-8-16-36(30)40(38)41-37-17-9-7-13-31(37)23-25-39(41)45-46/h2-27,42H,1H3. The molecule has 1 aromatic heterocycles. The largest absolute Gasteiger partial charge is 0.408 e. The average Bonchev–Trinajstić information content (AvgIpc) is 3.29. The minimum absolute atomic E-state index is 0.119. The normalized spacial score (nSPS) is 12.0. The van der Waals surface area contributed by atoms with Crippen molar-refractivity contribution in [2.24, 2.45) is 0 Å². The van der Waals surface area contributed by atoms with Gasteiger partial charge < -0.3 is 8.39 Å². The topological polar surface area (TPSA) is 29.5 Å². The Morgan fingerprint density at radius 1 is 0.435 bits per heavy atom. The van der Waals surface area contributed by atoms with Gasteiger partial charge in [0.1, 0.15) is 11.2 Å². The van der Waals surface area contributed by atoms with Crippen LogP contribution in [0.3, 0.4) is 0 Å². The first-order valence-electron chi connectivity index (χ1n) is 15.6. The van der Waals surface area contributed by atoms with Gasteiger partial charge in [-0.15, -0.1) is 0 Å². The molecule has 0 amide bonds. The summed E-state index contributed by atoms with van der Waals surface area (Å²) in [7, 11) is 0.549. The van der Waals surface area contributed by atoms with Crippen LogP contribution in [0.15, 0.2) is 166 Å². The van der Waals surface area contributed by atoms with Crippen LogP contribution in [0.5, 0.6) is 0 Å². The summed E-state index contributed by atoms with van der Waals surface area (Å²) in [5.41, 5.74) is 4.05. The van der Waals surface area contributed by atoms with Gasteiger partial charge in [-0.05, 0) is 78.5 Å². The van der Waals surface area contributed by atoms with Crippen LogP contribution in [-0.4, -0.2) is 7.05 Å². The summed E-state index contributed by atoms with van der Waals surface area (Å²) in [6.07, 6.45) is 0. The van der Waals surface area contributed by atoms with E-state index >= 15 is 0 Å². The highest BCUT2D eigenvalue weighted by molar-refractivity contribution is 7.39. The zero-order chi connectivity index (χ0) is 30.6. The van der Waals surface area contributed by atoms with Crippen LogP contribution in [0.2, 0.25) is 0 Å². The predicted octanol–water partition coefficient (Wildman–Crippen LogP) is 12.3. The zero-order valence-electron chi connectivity index (χ0n) is 25.3. The summed E-state index contributed by atoms with van der Waals surface area (Å²) >= 11 is 0. The van der Waals surface area contributed by atoms with E-state index in [9.17, 15) is 0 Å². The van der Waals surface area contributed by atoms with Crippen molar-refractivity contribution in [3.05, 3.63) is 169 Å². The van der Waals surface area contributed by atoms with Gasteiger partial charge in [0.2, 0.25) is 0 Å². The van der Waals surface area contributed by atoms with Gasteiger partial charge in [0.25, 0.3) is 0 Å². The molecule has 1 heterocycles.